The van der Waals surface area contributed by atoms with Gasteiger partial charge < -0.3 is 15.5 Å². The summed E-state index contributed by atoms with van der Waals surface area (Å²) in [5.41, 5.74) is 3.06. The van der Waals surface area contributed by atoms with Gasteiger partial charge in [0.05, 0.1) is 0 Å². The Morgan fingerprint density at radius 3 is 2.64 bits per heavy atom. The van der Waals surface area contributed by atoms with Crippen LogP contribution >= 0.6 is 0 Å². The van der Waals surface area contributed by atoms with Gasteiger partial charge in [-0.05, 0) is 30.0 Å². The third-order valence-corrected chi connectivity index (χ3v) is 4.00. The molecule has 0 aliphatic heterocycles. The van der Waals surface area contributed by atoms with Gasteiger partial charge in [-0.25, -0.2) is 0 Å². The second-order valence-electron chi connectivity index (χ2n) is 5.90. The molecule has 3 rings (SSSR count). The lowest BCUT2D eigenvalue weighted by Crippen LogP contribution is -2.28. The van der Waals surface area contributed by atoms with Gasteiger partial charge >= 0.3 is 0 Å². The first-order chi connectivity index (χ1) is 12.2. The van der Waals surface area contributed by atoms with E-state index in [1.807, 2.05) is 61.5 Å². The molecule has 25 heavy (non-hydrogen) atoms. The Morgan fingerprint density at radius 2 is 1.88 bits per heavy atom. The quantitative estimate of drug-likeness (QED) is 0.674. The average Bonchev–Trinajstić information content (AvgIpc) is 2.64. The van der Waals surface area contributed by atoms with Crippen LogP contribution in [0.4, 0.5) is 0 Å². The Bertz CT molecular complexity index is 919. The molecule has 0 aliphatic rings. The second-order valence-corrected chi connectivity index (χ2v) is 5.90. The van der Waals surface area contributed by atoms with Crippen molar-refractivity contribution in [1.82, 2.24) is 5.32 Å². The van der Waals surface area contributed by atoms with Crippen molar-refractivity contribution in [2.24, 2.45) is 0 Å². The number of amides is 1. The van der Waals surface area contributed by atoms with Crippen molar-refractivity contribution in [3.8, 4) is 5.75 Å². The second kappa shape index (κ2) is 7.62. The van der Waals surface area contributed by atoms with Gasteiger partial charge in [0.1, 0.15) is 5.75 Å². The molecule has 0 aliphatic carbocycles. The fraction of sp³-hybridized carbons (Fsp3) is 0.143. The van der Waals surface area contributed by atoms with Gasteiger partial charge in [0.2, 0.25) is 0 Å². The molecule has 126 valence electrons. The van der Waals surface area contributed by atoms with Crippen molar-refractivity contribution in [2.45, 2.75) is 13.5 Å². The minimum Gasteiger partial charge on any atom is -0.483 e. The number of ether oxygens (including phenoxy) is 1. The summed E-state index contributed by atoms with van der Waals surface area (Å²) in [5, 5.41) is 12.2. The summed E-state index contributed by atoms with van der Waals surface area (Å²) >= 11 is 0. The molecule has 4 nitrogen and oxygen atoms in total. The Balaban J connectivity index is 1.64. The van der Waals surface area contributed by atoms with Crippen LogP contribution in [0.3, 0.4) is 0 Å². The molecule has 0 bridgehead atoms. The molecule has 0 atom stereocenters. The zero-order valence-electron chi connectivity index (χ0n) is 14.1. The van der Waals surface area contributed by atoms with Gasteiger partial charge in [-0.3, -0.25) is 4.79 Å². The summed E-state index contributed by atoms with van der Waals surface area (Å²) in [7, 11) is 0. The largest absolute Gasteiger partial charge is 0.483 e. The number of fused-ring (bicyclic) bond motifs is 1. The highest BCUT2D eigenvalue weighted by Crippen LogP contribution is 2.27. The maximum Gasteiger partial charge on any atom is 0.258 e. The summed E-state index contributed by atoms with van der Waals surface area (Å²) in [6.45, 7) is 2.47. The van der Waals surface area contributed by atoms with E-state index in [-0.39, 0.29) is 12.5 Å². The van der Waals surface area contributed by atoms with Crippen molar-refractivity contribution < 1.29 is 9.53 Å². The number of benzene rings is 3. The molecular formula is C21H20N2O2. The molecule has 0 saturated heterocycles. The van der Waals surface area contributed by atoms with Crippen LogP contribution in [-0.4, -0.2) is 18.7 Å². The van der Waals surface area contributed by atoms with Crippen molar-refractivity contribution in [1.29, 1.82) is 5.41 Å². The first-order valence-electron chi connectivity index (χ1n) is 8.14. The Labute approximate surface area is 147 Å². The van der Waals surface area contributed by atoms with Crippen LogP contribution in [0.25, 0.3) is 10.8 Å². The highest BCUT2D eigenvalue weighted by Gasteiger charge is 2.08. The summed E-state index contributed by atoms with van der Waals surface area (Å²) in [6.07, 6.45) is 1.32. The van der Waals surface area contributed by atoms with Crippen LogP contribution in [-0.2, 0) is 11.3 Å². The molecule has 1 amide bonds. The summed E-state index contributed by atoms with van der Waals surface area (Å²) < 4.78 is 5.71. The van der Waals surface area contributed by atoms with Gasteiger partial charge in [-0.1, -0.05) is 54.1 Å². The number of hydrogen-bond acceptors (Lipinski definition) is 3. The lowest BCUT2D eigenvalue weighted by Gasteiger charge is -2.11. The van der Waals surface area contributed by atoms with Gasteiger partial charge in [0, 0.05) is 23.7 Å². The maximum atomic E-state index is 12.1. The first-order valence-corrected chi connectivity index (χ1v) is 8.14. The molecule has 0 heterocycles. The molecule has 0 radical (unpaired) electrons. The monoisotopic (exact) mass is 332 g/mol. The van der Waals surface area contributed by atoms with Crippen LogP contribution in [0, 0.1) is 12.3 Å². The predicted octanol–water partition coefficient (Wildman–Crippen LogP) is 3.84. The lowest BCUT2D eigenvalue weighted by atomic mass is 10.0. The Kier molecular flexibility index (Phi) is 5.09. The number of carbonyl (C=O) groups is 1. The van der Waals surface area contributed by atoms with Crippen molar-refractivity contribution >= 4 is 22.9 Å². The first kappa shape index (κ1) is 16.7. The number of aryl methyl sites for hydroxylation is 1. The van der Waals surface area contributed by atoms with E-state index in [4.69, 9.17) is 10.1 Å². The molecule has 3 aromatic carbocycles. The number of hydrogen-bond donors (Lipinski definition) is 2. The van der Waals surface area contributed by atoms with Crippen LogP contribution < -0.4 is 10.1 Å². The summed E-state index contributed by atoms with van der Waals surface area (Å²) in [6, 6.07) is 19.4. The molecule has 0 unspecified atom stereocenters. The number of carbonyl (C=O) groups excluding carboxylic acids is 1. The predicted molar refractivity (Wildman–Crippen MR) is 100 cm³/mol. The molecule has 0 fully saturated rings. The fourth-order valence-electron chi connectivity index (χ4n) is 2.76. The topological polar surface area (TPSA) is 62.2 Å². The molecular weight excluding hydrogens is 312 g/mol. The SMILES string of the molecule is Cc1cccc(CNC(=O)COc2ccc(C=N)c3ccccc23)c1. The van der Waals surface area contributed by atoms with E-state index in [9.17, 15) is 4.79 Å². The average molecular weight is 332 g/mol. The summed E-state index contributed by atoms with van der Waals surface area (Å²) in [4.78, 5) is 12.1. The molecule has 0 aromatic heterocycles. The van der Waals surface area contributed by atoms with Crippen molar-refractivity contribution in [3.05, 3.63) is 77.4 Å². The Hall–Kier alpha value is -3.14. The van der Waals surface area contributed by atoms with E-state index < -0.39 is 0 Å². The molecule has 0 spiro atoms. The summed E-state index contributed by atoms with van der Waals surface area (Å²) in [5.74, 6) is 0.480. The van der Waals surface area contributed by atoms with Crippen LogP contribution in [0.2, 0.25) is 0 Å². The minimum absolute atomic E-state index is 0.0419. The van der Waals surface area contributed by atoms with Crippen LogP contribution in [0.5, 0.6) is 5.75 Å². The van der Waals surface area contributed by atoms with Gasteiger partial charge in [0.25, 0.3) is 5.91 Å². The zero-order chi connectivity index (χ0) is 17.6. The minimum atomic E-state index is -0.165. The normalized spacial score (nSPS) is 10.4. The van der Waals surface area contributed by atoms with E-state index in [1.165, 1.54) is 11.8 Å². The van der Waals surface area contributed by atoms with Gasteiger partial charge in [-0.15, -0.1) is 0 Å². The molecule has 3 aromatic rings. The van der Waals surface area contributed by atoms with E-state index >= 15 is 0 Å². The molecule has 2 N–H and O–H groups in total. The van der Waals surface area contributed by atoms with Crippen LogP contribution in [0.1, 0.15) is 16.7 Å². The molecule has 0 saturated carbocycles. The van der Waals surface area contributed by atoms with Crippen LogP contribution in [0.15, 0.2) is 60.7 Å². The smallest absolute Gasteiger partial charge is 0.258 e. The van der Waals surface area contributed by atoms with E-state index in [0.717, 1.165) is 21.9 Å². The fourth-order valence-corrected chi connectivity index (χ4v) is 2.76. The van der Waals surface area contributed by atoms with Gasteiger partial charge in [0.15, 0.2) is 6.61 Å². The van der Waals surface area contributed by atoms with Gasteiger partial charge in [-0.2, -0.15) is 0 Å². The standard InChI is InChI=1S/C21H20N2O2/c1-15-5-4-6-16(11-15)13-23-21(24)14-25-20-10-9-17(12-22)18-7-2-3-8-19(18)20/h2-12,22H,13-14H2,1H3,(H,23,24). The number of rotatable bonds is 6. The van der Waals surface area contributed by atoms with E-state index in [1.54, 1.807) is 6.07 Å². The third-order valence-electron chi connectivity index (χ3n) is 4.00. The lowest BCUT2D eigenvalue weighted by molar-refractivity contribution is -0.123. The van der Waals surface area contributed by atoms with Crippen molar-refractivity contribution in [2.75, 3.05) is 6.61 Å². The number of nitrogens with one attached hydrogen (secondary N) is 2. The highest BCUT2D eigenvalue weighted by molar-refractivity contribution is 6.01. The zero-order valence-corrected chi connectivity index (χ0v) is 14.1. The van der Waals surface area contributed by atoms with Crippen molar-refractivity contribution in [3.63, 3.8) is 0 Å². The molecule has 4 heteroatoms. The third kappa shape index (κ3) is 4.04. The highest BCUT2D eigenvalue weighted by atomic mass is 16.5. The van der Waals surface area contributed by atoms with E-state index in [0.29, 0.717) is 12.3 Å². The van der Waals surface area contributed by atoms with E-state index in [2.05, 4.69) is 5.32 Å². The maximum absolute atomic E-state index is 12.1. The Morgan fingerprint density at radius 1 is 1.08 bits per heavy atom.